The molecule has 1 heterocycles. The summed E-state index contributed by atoms with van der Waals surface area (Å²) in [7, 11) is 0. The first-order valence-electron chi connectivity index (χ1n) is 11.0. The maximum absolute atomic E-state index is 13.1. The lowest BCUT2D eigenvalue weighted by Crippen LogP contribution is -2.49. The van der Waals surface area contributed by atoms with Crippen LogP contribution in [0.2, 0.25) is 0 Å². The fraction of sp³-hybridized carbons (Fsp3) is 0.440. The SMILES string of the molecule is CC(C)C(CN1CCC(C(=O)c2ccc(F)cc2)CC1)NC(=O)c1ccc(C(F)(F)F)cc1. The maximum atomic E-state index is 13.1. The van der Waals surface area contributed by atoms with Gasteiger partial charge in [0.25, 0.3) is 5.91 Å². The minimum Gasteiger partial charge on any atom is -0.348 e. The Labute approximate surface area is 191 Å². The number of hydrogen-bond acceptors (Lipinski definition) is 3. The first-order chi connectivity index (χ1) is 15.5. The number of rotatable bonds is 7. The second kappa shape index (κ2) is 10.5. The van der Waals surface area contributed by atoms with Gasteiger partial charge < -0.3 is 10.2 Å². The third-order valence-corrected chi connectivity index (χ3v) is 6.14. The number of nitrogens with zero attached hydrogens (tertiary/aromatic N) is 1. The zero-order valence-corrected chi connectivity index (χ0v) is 18.7. The van der Waals surface area contributed by atoms with E-state index in [1.807, 2.05) is 13.8 Å². The summed E-state index contributed by atoms with van der Waals surface area (Å²) in [6, 6.07) is 9.58. The third-order valence-electron chi connectivity index (χ3n) is 6.14. The molecule has 0 spiro atoms. The fourth-order valence-electron chi connectivity index (χ4n) is 3.99. The molecule has 1 fully saturated rings. The minimum absolute atomic E-state index is 0.0191. The van der Waals surface area contributed by atoms with E-state index in [4.69, 9.17) is 0 Å². The number of benzene rings is 2. The Morgan fingerprint density at radius 3 is 2.03 bits per heavy atom. The van der Waals surface area contributed by atoms with Gasteiger partial charge in [-0.15, -0.1) is 0 Å². The van der Waals surface area contributed by atoms with Crippen LogP contribution in [0.4, 0.5) is 17.6 Å². The molecule has 4 nitrogen and oxygen atoms in total. The Morgan fingerprint density at radius 1 is 0.970 bits per heavy atom. The molecule has 1 N–H and O–H groups in total. The van der Waals surface area contributed by atoms with Gasteiger partial charge in [0.15, 0.2) is 5.78 Å². The number of carbonyl (C=O) groups is 2. The summed E-state index contributed by atoms with van der Waals surface area (Å²) < 4.78 is 51.3. The van der Waals surface area contributed by atoms with Crippen molar-refractivity contribution >= 4 is 11.7 Å². The Bertz CT molecular complexity index is 948. The van der Waals surface area contributed by atoms with Crippen molar-refractivity contribution < 1.29 is 27.2 Å². The highest BCUT2D eigenvalue weighted by Crippen LogP contribution is 2.29. The van der Waals surface area contributed by atoms with E-state index in [-0.39, 0.29) is 35.0 Å². The predicted octanol–water partition coefficient (Wildman–Crippen LogP) is 5.19. The number of ketones is 1. The van der Waals surface area contributed by atoms with E-state index in [0.29, 0.717) is 38.0 Å². The van der Waals surface area contributed by atoms with E-state index >= 15 is 0 Å². The number of halogens is 4. The number of likely N-dealkylation sites (tertiary alicyclic amines) is 1. The maximum Gasteiger partial charge on any atom is 0.416 e. The van der Waals surface area contributed by atoms with Gasteiger partial charge in [-0.3, -0.25) is 9.59 Å². The minimum atomic E-state index is -4.44. The molecule has 0 saturated carbocycles. The zero-order chi connectivity index (χ0) is 24.2. The van der Waals surface area contributed by atoms with Crippen molar-refractivity contribution in [2.45, 2.75) is 38.9 Å². The smallest absolute Gasteiger partial charge is 0.348 e. The molecule has 1 aliphatic rings. The van der Waals surface area contributed by atoms with Crippen molar-refractivity contribution in [3.8, 4) is 0 Å². The predicted molar refractivity (Wildman–Crippen MR) is 117 cm³/mol. The van der Waals surface area contributed by atoms with Crippen LogP contribution in [0, 0.1) is 17.7 Å². The lowest BCUT2D eigenvalue weighted by atomic mass is 9.88. The molecule has 0 radical (unpaired) electrons. The van der Waals surface area contributed by atoms with Crippen molar-refractivity contribution in [2.24, 2.45) is 11.8 Å². The summed E-state index contributed by atoms with van der Waals surface area (Å²) in [5.74, 6) is -0.776. The van der Waals surface area contributed by atoms with Crippen molar-refractivity contribution in [3.63, 3.8) is 0 Å². The molecule has 3 rings (SSSR count). The Balaban J connectivity index is 1.54. The van der Waals surface area contributed by atoms with Crippen LogP contribution in [0.5, 0.6) is 0 Å². The molecule has 1 aliphatic heterocycles. The number of alkyl halides is 3. The number of amides is 1. The average molecular weight is 465 g/mol. The van der Waals surface area contributed by atoms with E-state index in [2.05, 4.69) is 10.2 Å². The second-order valence-corrected chi connectivity index (χ2v) is 8.85. The molecule has 8 heteroatoms. The average Bonchev–Trinajstić information content (AvgIpc) is 2.78. The fourth-order valence-corrected chi connectivity index (χ4v) is 3.99. The van der Waals surface area contributed by atoms with Gasteiger partial charge in [-0.05, 0) is 80.4 Å². The summed E-state index contributed by atoms with van der Waals surface area (Å²) in [6.07, 6.45) is -3.10. The quantitative estimate of drug-likeness (QED) is 0.453. The van der Waals surface area contributed by atoms with Crippen LogP contribution in [-0.4, -0.2) is 42.3 Å². The summed E-state index contributed by atoms with van der Waals surface area (Å²) in [5, 5.41) is 2.94. The van der Waals surface area contributed by atoms with Gasteiger partial charge in [-0.2, -0.15) is 13.2 Å². The molecular formula is C25H28F4N2O2. The summed E-state index contributed by atoms with van der Waals surface area (Å²) in [5.41, 5.74) is -0.103. The van der Waals surface area contributed by atoms with Crippen molar-refractivity contribution in [1.29, 1.82) is 0 Å². The molecule has 0 aliphatic carbocycles. The number of Topliss-reactive ketones (excluding diaryl/α,β-unsaturated/α-hetero) is 1. The number of piperidine rings is 1. The highest BCUT2D eigenvalue weighted by molar-refractivity contribution is 5.97. The first kappa shape index (κ1) is 24.9. The van der Waals surface area contributed by atoms with E-state index in [9.17, 15) is 27.2 Å². The van der Waals surface area contributed by atoms with Gasteiger partial charge in [-0.1, -0.05) is 13.8 Å². The third kappa shape index (κ3) is 6.63. The largest absolute Gasteiger partial charge is 0.416 e. The molecule has 178 valence electrons. The van der Waals surface area contributed by atoms with Gasteiger partial charge >= 0.3 is 6.18 Å². The number of nitrogens with one attached hydrogen (secondary N) is 1. The molecule has 33 heavy (non-hydrogen) atoms. The van der Waals surface area contributed by atoms with Crippen LogP contribution in [0.3, 0.4) is 0 Å². The molecule has 0 aromatic heterocycles. The molecular weight excluding hydrogens is 436 g/mol. The van der Waals surface area contributed by atoms with Crippen molar-refractivity contribution in [2.75, 3.05) is 19.6 Å². The highest BCUT2D eigenvalue weighted by Gasteiger charge is 2.31. The molecule has 2 aromatic carbocycles. The highest BCUT2D eigenvalue weighted by atomic mass is 19.4. The summed E-state index contributed by atoms with van der Waals surface area (Å²) in [4.78, 5) is 27.5. The van der Waals surface area contributed by atoms with Crippen LogP contribution in [0.15, 0.2) is 48.5 Å². The molecule has 1 saturated heterocycles. The first-order valence-corrected chi connectivity index (χ1v) is 11.0. The normalized spacial score (nSPS) is 16.6. The summed E-state index contributed by atoms with van der Waals surface area (Å²) in [6.45, 7) is 5.92. The molecule has 2 aromatic rings. The van der Waals surface area contributed by atoms with E-state index in [1.54, 1.807) is 0 Å². The Hall–Kier alpha value is -2.74. The Kier molecular flexibility index (Phi) is 7.89. The van der Waals surface area contributed by atoms with Gasteiger partial charge in [0.1, 0.15) is 5.82 Å². The lowest BCUT2D eigenvalue weighted by molar-refractivity contribution is -0.137. The monoisotopic (exact) mass is 464 g/mol. The number of carbonyl (C=O) groups excluding carboxylic acids is 2. The molecule has 0 bridgehead atoms. The van der Waals surface area contributed by atoms with Crippen LogP contribution >= 0.6 is 0 Å². The standard InChI is InChI=1S/C25H28F4N2O2/c1-16(2)22(30-24(33)19-3-7-20(8-4-19)25(27,28)29)15-31-13-11-18(12-14-31)23(32)17-5-9-21(26)10-6-17/h3-10,16,18,22H,11-15H2,1-2H3,(H,30,33). The van der Waals surface area contributed by atoms with Gasteiger partial charge in [-0.25, -0.2) is 4.39 Å². The second-order valence-electron chi connectivity index (χ2n) is 8.85. The summed E-state index contributed by atoms with van der Waals surface area (Å²) >= 11 is 0. The van der Waals surface area contributed by atoms with Crippen LogP contribution in [0.1, 0.15) is 53.0 Å². The lowest BCUT2D eigenvalue weighted by Gasteiger charge is -2.35. The van der Waals surface area contributed by atoms with Crippen LogP contribution < -0.4 is 5.32 Å². The van der Waals surface area contributed by atoms with E-state index in [0.717, 1.165) is 12.1 Å². The van der Waals surface area contributed by atoms with E-state index in [1.165, 1.54) is 36.4 Å². The van der Waals surface area contributed by atoms with Gasteiger partial charge in [0.2, 0.25) is 0 Å². The van der Waals surface area contributed by atoms with Crippen LogP contribution in [-0.2, 0) is 6.18 Å². The van der Waals surface area contributed by atoms with Crippen molar-refractivity contribution in [3.05, 3.63) is 71.0 Å². The van der Waals surface area contributed by atoms with E-state index < -0.39 is 17.6 Å². The van der Waals surface area contributed by atoms with Gasteiger partial charge in [0.05, 0.1) is 5.56 Å². The molecule has 1 amide bonds. The molecule has 1 atom stereocenters. The Morgan fingerprint density at radius 2 is 1.52 bits per heavy atom. The zero-order valence-electron chi connectivity index (χ0n) is 18.7. The van der Waals surface area contributed by atoms with Crippen molar-refractivity contribution in [1.82, 2.24) is 10.2 Å². The van der Waals surface area contributed by atoms with Crippen LogP contribution in [0.25, 0.3) is 0 Å². The number of hydrogen-bond donors (Lipinski definition) is 1. The van der Waals surface area contributed by atoms with Gasteiger partial charge in [0, 0.05) is 29.6 Å². The molecule has 1 unspecified atom stereocenters. The topological polar surface area (TPSA) is 49.4 Å².